The van der Waals surface area contributed by atoms with E-state index in [9.17, 15) is 0 Å². The Bertz CT molecular complexity index is 3590. The van der Waals surface area contributed by atoms with Crippen LogP contribution in [0.5, 0.6) is 0 Å². The SMILES string of the molecule is c1ccc(-c2cc(-c3ccc(-c4cccc5c4oc4ccccc45)cc3)nc(-c3cccc(-c4ccc5c(c4)nc(-c4ccccc4)c4sc6ccccc6c45)c3)n2)cc1. The molecule has 0 bridgehead atoms. The van der Waals surface area contributed by atoms with Gasteiger partial charge in [-0.15, -0.1) is 11.3 Å². The Hall–Kier alpha value is -7.73. The van der Waals surface area contributed by atoms with E-state index in [1.807, 2.05) is 29.5 Å². The first-order valence-electron chi connectivity index (χ1n) is 20.1. The van der Waals surface area contributed by atoms with Crippen molar-refractivity contribution < 1.29 is 4.42 Å². The summed E-state index contributed by atoms with van der Waals surface area (Å²) in [6.07, 6.45) is 0. The monoisotopic (exact) mass is 783 g/mol. The van der Waals surface area contributed by atoms with E-state index in [0.717, 1.165) is 94.4 Å². The molecule has 12 aromatic rings. The van der Waals surface area contributed by atoms with Crippen LogP contribution >= 0.6 is 11.3 Å². The molecular formula is C55H33N3OS. The van der Waals surface area contributed by atoms with Crippen molar-refractivity contribution in [2.24, 2.45) is 0 Å². The predicted octanol–water partition coefficient (Wildman–Crippen LogP) is 15.3. The van der Waals surface area contributed by atoms with E-state index in [2.05, 4.69) is 182 Å². The molecule has 0 N–H and O–H groups in total. The lowest BCUT2D eigenvalue weighted by Crippen LogP contribution is -1.96. The van der Waals surface area contributed by atoms with Crippen LogP contribution in [-0.2, 0) is 0 Å². The Morgan fingerprint density at radius 1 is 0.383 bits per heavy atom. The number of aromatic nitrogens is 3. The average molecular weight is 784 g/mol. The standard InChI is InChI=1S/C55H33N3OS/c1-3-13-35(14-4-1)46-33-47(36-27-25-34(26-28-36)41-21-12-22-43-42-19-7-9-23-49(42)59-53(41)43)58-55(57-46)40-18-11-17-38(31-40)39-29-30-44-48(32-39)56-52(37-15-5-2-6-16-37)54-51(44)45-20-8-10-24-50(45)60-54/h1-33H. The number of pyridine rings is 1. The van der Waals surface area contributed by atoms with Gasteiger partial charge in [-0.2, -0.15) is 0 Å². The van der Waals surface area contributed by atoms with Crippen molar-refractivity contribution in [1.29, 1.82) is 0 Å². The van der Waals surface area contributed by atoms with Gasteiger partial charge in [0.2, 0.25) is 0 Å². The number of para-hydroxylation sites is 2. The smallest absolute Gasteiger partial charge is 0.160 e. The summed E-state index contributed by atoms with van der Waals surface area (Å²) in [4.78, 5) is 15.8. The molecule has 0 unspecified atom stereocenters. The third-order valence-electron chi connectivity index (χ3n) is 11.5. The largest absolute Gasteiger partial charge is 0.455 e. The fourth-order valence-electron chi connectivity index (χ4n) is 8.57. The second kappa shape index (κ2) is 14.0. The maximum atomic E-state index is 6.37. The Kier molecular flexibility index (Phi) is 8.00. The second-order valence-electron chi connectivity index (χ2n) is 15.1. The molecule has 0 aliphatic heterocycles. The zero-order chi connectivity index (χ0) is 39.6. The quantitative estimate of drug-likeness (QED) is 0.169. The molecule has 0 fully saturated rings. The molecule has 280 valence electrons. The van der Waals surface area contributed by atoms with Gasteiger partial charge in [0, 0.05) is 59.4 Å². The molecular weight excluding hydrogens is 751 g/mol. The van der Waals surface area contributed by atoms with Gasteiger partial charge in [-0.1, -0.05) is 170 Å². The molecule has 0 radical (unpaired) electrons. The molecule has 4 nitrogen and oxygen atoms in total. The number of nitrogens with zero attached hydrogens (tertiary/aromatic N) is 3. The van der Waals surface area contributed by atoms with E-state index in [-0.39, 0.29) is 0 Å². The first kappa shape index (κ1) is 34.3. The minimum absolute atomic E-state index is 0.668. The summed E-state index contributed by atoms with van der Waals surface area (Å²) in [6, 6.07) is 70.1. The van der Waals surface area contributed by atoms with Crippen LogP contribution in [0.15, 0.2) is 205 Å². The van der Waals surface area contributed by atoms with Gasteiger partial charge in [-0.05, 0) is 47.0 Å². The first-order valence-corrected chi connectivity index (χ1v) is 20.9. The summed E-state index contributed by atoms with van der Waals surface area (Å²) in [5.41, 5.74) is 13.9. The van der Waals surface area contributed by atoms with Crippen LogP contribution in [0.4, 0.5) is 0 Å². The van der Waals surface area contributed by atoms with Gasteiger partial charge in [0.05, 0.1) is 27.3 Å². The summed E-state index contributed by atoms with van der Waals surface area (Å²) < 4.78 is 8.86. The molecule has 0 saturated carbocycles. The highest BCUT2D eigenvalue weighted by molar-refractivity contribution is 7.26. The minimum atomic E-state index is 0.668. The molecule has 4 heterocycles. The van der Waals surface area contributed by atoms with Crippen LogP contribution in [-0.4, -0.2) is 15.0 Å². The first-order chi connectivity index (χ1) is 29.7. The van der Waals surface area contributed by atoms with E-state index >= 15 is 0 Å². The molecule has 0 aliphatic rings. The van der Waals surface area contributed by atoms with Crippen LogP contribution in [0.2, 0.25) is 0 Å². The molecule has 0 aliphatic carbocycles. The second-order valence-corrected chi connectivity index (χ2v) is 16.2. The highest BCUT2D eigenvalue weighted by Gasteiger charge is 2.18. The van der Waals surface area contributed by atoms with Crippen molar-refractivity contribution in [3.8, 4) is 67.4 Å². The Balaban J connectivity index is 0.958. The molecule has 0 spiro atoms. The van der Waals surface area contributed by atoms with Crippen molar-refractivity contribution in [1.82, 2.24) is 15.0 Å². The fraction of sp³-hybridized carbons (Fsp3) is 0. The van der Waals surface area contributed by atoms with Gasteiger partial charge in [0.25, 0.3) is 0 Å². The predicted molar refractivity (Wildman–Crippen MR) is 250 cm³/mol. The van der Waals surface area contributed by atoms with E-state index in [1.54, 1.807) is 0 Å². The summed E-state index contributed by atoms with van der Waals surface area (Å²) >= 11 is 1.82. The van der Waals surface area contributed by atoms with Gasteiger partial charge in [0.15, 0.2) is 5.82 Å². The zero-order valence-electron chi connectivity index (χ0n) is 32.2. The third kappa shape index (κ3) is 5.78. The Morgan fingerprint density at radius 3 is 1.80 bits per heavy atom. The number of rotatable bonds is 6. The number of thiophene rings is 1. The van der Waals surface area contributed by atoms with Crippen LogP contribution in [0.1, 0.15) is 0 Å². The maximum absolute atomic E-state index is 6.37. The number of hydrogen-bond acceptors (Lipinski definition) is 5. The minimum Gasteiger partial charge on any atom is -0.455 e. The fourth-order valence-corrected chi connectivity index (χ4v) is 9.80. The molecule has 12 rings (SSSR count). The molecule has 5 heteroatoms. The number of hydrogen-bond donors (Lipinski definition) is 0. The summed E-state index contributed by atoms with van der Waals surface area (Å²) in [5, 5.41) is 5.93. The highest BCUT2D eigenvalue weighted by Crippen LogP contribution is 2.44. The summed E-state index contributed by atoms with van der Waals surface area (Å²) in [5.74, 6) is 0.668. The lowest BCUT2D eigenvalue weighted by Gasteiger charge is -2.12. The van der Waals surface area contributed by atoms with E-state index in [4.69, 9.17) is 19.4 Å². The van der Waals surface area contributed by atoms with Crippen LogP contribution in [0.25, 0.3) is 120 Å². The van der Waals surface area contributed by atoms with Crippen LogP contribution in [0, 0.1) is 0 Å². The molecule has 60 heavy (non-hydrogen) atoms. The molecule has 8 aromatic carbocycles. The van der Waals surface area contributed by atoms with Gasteiger partial charge in [0.1, 0.15) is 11.2 Å². The third-order valence-corrected chi connectivity index (χ3v) is 12.7. The van der Waals surface area contributed by atoms with Gasteiger partial charge < -0.3 is 4.42 Å². The molecule has 0 saturated heterocycles. The lowest BCUT2D eigenvalue weighted by atomic mass is 9.98. The summed E-state index contributed by atoms with van der Waals surface area (Å²) in [6.45, 7) is 0. The van der Waals surface area contributed by atoms with Crippen molar-refractivity contribution in [3.05, 3.63) is 200 Å². The Morgan fingerprint density at radius 2 is 0.983 bits per heavy atom. The highest BCUT2D eigenvalue weighted by atomic mass is 32.1. The lowest BCUT2D eigenvalue weighted by molar-refractivity contribution is 0.670. The number of furan rings is 1. The van der Waals surface area contributed by atoms with E-state index < -0.39 is 0 Å². The normalized spacial score (nSPS) is 11.7. The van der Waals surface area contributed by atoms with Crippen molar-refractivity contribution in [3.63, 3.8) is 0 Å². The van der Waals surface area contributed by atoms with E-state index in [0.29, 0.717) is 5.82 Å². The van der Waals surface area contributed by atoms with Crippen molar-refractivity contribution >= 4 is 64.4 Å². The topological polar surface area (TPSA) is 51.8 Å². The summed E-state index contributed by atoms with van der Waals surface area (Å²) in [7, 11) is 0. The average Bonchev–Trinajstić information content (AvgIpc) is 3.91. The van der Waals surface area contributed by atoms with Gasteiger partial charge in [-0.25, -0.2) is 15.0 Å². The van der Waals surface area contributed by atoms with Crippen molar-refractivity contribution in [2.45, 2.75) is 0 Å². The molecule has 0 atom stereocenters. The zero-order valence-corrected chi connectivity index (χ0v) is 33.0. The number of benzene rings is 8. The van der Waals surface area contributed by atoms with Gasteiger partial charge in [-0.3, -0.25) is 0 Å². The van der Waals surface area contributed by atoms with E-state index in [1.165, 1.54) is 20.2 Å². The van der Waals surface area contributed by atoms with Gasteiger partial charge >= 0.3 is 0 Å². The van der Waals surface area contributed by atoms with Crippen molar-refractivity contribution in [2.75, 3.05) is 0 Å². The molecule has 0 amide bonds. The van der Waals surface area contributed by atoms with Crippen LogP contribution < -0.4 is 0 Å². The Labute approximate surface area is 349 Å². The van der Waals surface area contributed by atoms with Crippen LogP contribution in [0.3, 0.4) is 0 Å². The number of fused-ring (bicyclic) bond motifs is 8. The maximum Gasteiger partial charge on any atom is 0.160 e. The molecule has 4 aromatic heterocycles.